The maximum atomic E-state index is 12.3. The molecule has 114 valence electrons. The van der Waals surface area contributed by atoms with Crippen molar-refractivity contribution in [3.63, 3.8) is 0 Å². The fraction of sp³-hybridized carbons (Fsp3) is 0.500. The summed E-state index contributed by atoms with van der Waals surface area (Å²) in [5.41, 5.74) is 2.11. The summed E-state index contributed by atoms with van der Waals surface area (Å²) in [4.78, 5) is 26.0. The van der Waals surface area contributed by atoms with E-state index in [1.54, 1.807) is 6.07 Å². The van der Waals surface area contributed by atoms with Gasteiger partial charge in [0.15, 0.2) is 0 Å². The van der Waals surface area contributed by atoms with Gasteiger partial charge in [-0.1, -0.05) is 6.92 Å². The molecule has 5 nitrogen and oxygen atoms in total. The van der Waals surface area contributed by atoms with E-state index >= 15 is 0 Å². The fourth-order valence-electron chi connectivity index (χ4n) is 2.11. The van der Waals surface area contributed by atoms with E-state index in [9.17, 15) is 9.59 Å². The molecule has 0 unspecified atom stereocenters. The molecule has 0 aliphatic heterocycles. The van der Waals surface area contributed by atoms with Crippen molar-refractivity contribution in [3.05, 3.63) is 23.8 Å². The minimum atomic E-state index is -0.108. The first-order valence-corrected chi connectivity index (χ1v) is 7.43. The summed E-state index contributed by atoms with van der Waals surface area (Å²) < 4.78 is 0. The number of rotatable bonds is 6. The summed E-state index contributed by atoms with van der Waals surface area (Å²) in [5, 5.41) is 5.77. The third kappa shape index (κ3) is 3.97. The van der Waals surface area contributed by atoms with Gasteiger partial charge in [0.1, 0.15) is 0 Å². The summed E-state index contributed by atoms with van der Waals surface area (Å²) in [5.74, 6) is 0.0893. The Morgan fingerprint density at radius 2 is 2.00 bits per heavy atom. The van der Waals surface area contributed by atoms with Crippen molar-refractivity contribution < 1.29 is 9.59 Å². The van der Waals surface area contributed by atoms with E-state index in [-0.39, 0.29) is 17.7 Å². The molecule has 0 spiro atoms. The van der Waals surface area contributed by atoms with Crippen molar-refractivity contribution in [2.45, 2.75) is 26.2 Å². The predicted octanol–water partition coefficient (Wildman–Crippen LogP) is 2.24. The minimum absolute atomic E-state index is 0.0486. The number of amides is 2. The molecule has 0 saturated heterocycles. The lowest BCUT2D eigenvalue weighted by Crippen LogP contribution is -2.26. The molecule has 2 amide bonds. The zero-order chi connectivity index (χ0) is 15.4. The number of hydrogen-bond donors (Lipinski definition) is 2. The molecule has 0 heterocycles. The Morgan fingerprint density at radius 1 is 1.29 bits per heavy atom. The SMILES string of the molecule is CCCNC(=O)c1cc(NC(=O)C2CC2)ccc1N(C)C. The Morgan fingerprint density at radius 3 is 2.57 bits per heavy atom. The van der Waals surface area contributed by atoms with Crippen LogP contribution in [0.15, 0.2) is 18.2 Å². The zero-order valence-corrected chi connectivity index (χ0v) is 12.9. The average Bonchev–Trinajstić information content (AvgIpc) is 3.29. The quantitative estimate of drug-likeness (QED) is 0.844. The normalized spacial score (nSPS) is 13.7. The molecule has 0 aromatic heterocycles. The maximum Gasteiger partial charge on any atom is 0.253 e. The third-order valence-electron chi connectivity index (χ3n) is 3.47. The number of nitrogens with one attached hydrogen (secondary N) is 2. The van der Waals surface area contributed by atoms with E-state index < -0.39 is 0 Å². The fourth-order valence-corrected chi connectivity index (χ4v) is 2.11. The molecule has 0 atom stereocenters. The topological polar surface area (TPSA) is 61.4 Å². The van der Waals surface area contributed by atoms with Crippen LogP contribution < -0.4 is 15.5 Å². The van der Waals surface area contributed by atoms with Crippen molar-refractivity contribution in [1.82, 2.24) is 5.32 Å². The van der Waals surface area contributed by atoms with E-state index in [0.29, 0.717) is 17.8 Å². The van der Waals surface area contributed by atoms with Gasteiger partial charge in [0.05, 0.1) is 5.56 Å². The smallest absolute Gasteiger partial charge is 0.253 e. The number of anilines is 2. The van der Waals surface area contributed by atoms with Crippen molar-refractivity contribution in [3.8, 4) is 0 Å². The van der Waals surface area contributed by atoms with Crippen molar-refractivity contribution in [2.24, 2.45) is 5.92 Å². The van der Waals surface area contributed by atoms with Gasteiger partial charge in [-0.15, -0.1) is 0 Å². The second-order valence-corrected chi connectivity index (χ2v) is 5.65. The number of carbonyl (C=O) groups excluding carboxylic acids is 2. The molecule has 1 saturated carbocycles. The van der Waals surface area contributed by atoms with Crippen molar-refractivity contribution in [1.29, 1.82) is 0 Å². The van der Waals surface area contributed by atoms with Crippen LogP contribution in [0, 0.1) is 5.92 Å². The van der Waals surface area contributed by atoms with Gasteiger partial charge in [0.2, 0.25) is 5.91 Å². The number of benzene rings is 1. The lowest BCUT2D eigenvalue weighted by Gasteiger charge is -2.18. The van der Waals surface area contributed by atoms with Crippen molar-refractivity contribution >= 4 is 23.2 Å². The summed E-state index contributed by atoms with van der Waals surface area (Å²) in [7, 11) is 3.79. The summed E-state index contributed by atoms with van der Waals surface area (Å²) in [6, 6.07) is 5.45. The number of nitrogens with zero attached hydrogens (tertiary/aromatic N) is 1. The van der Waals surface area contributed by atoms with Crippen LogP contribution in [-0.4, -0.2) is 32.5 Å². The Labute approximate surface area is 125 Å². The van der Waals surface area contributed by atoms with E-state index in [0.717, 1.165) is 24.9 Å². The Hall–Kier alpha value is -2.04. The molecule has 0 bridgehead atoms. The molecule has 21 heavy (non-hydrogen) atoms. The highest BCUT2D eigenvalue weighted by atomic mass is 16.2. The van der Waals surface area contributed by atoms with Gasteiger partial charge in [-0.3, -0.25) is 9.59 Å². The van der Waals surface area contributed by atoms with Gasteiger partial charge >= 0.3 is 0 Å². The second-order valence-electron chi connectivity index (χ2n) is 5.65. The van der Waals surface area contributed by atoms with E-state index in [1.807, 2.05) is 38.1 Å². The molecular formula is C16H23N3O2. The van der Waals surface area contributed by atoms with Gasteiger partial charge < -0.3 is 15.5 Å². The first kappa shape index (κ1) is 15.4. The Balaban J connectivity index is 2.20. The largest absolute Gasteiger partial charge is 0.377 e. The first-order chi connectivity index (χ1) is 10.0. The molecule has 1 aromatic rings. The third-order valence-corrected chi connectivity index (χ3v) is 3.47. The lowest BCUT2D eigenvalue weighted by molar-refractivity contribution is -0.117. The van der Waals surface area contributed by atoms with Gasteiger partial charge in [-0.25, -0.2) is 0 Å². The van der Waals surface area contributed by atoms with Crippen LogP contribution in [0.25, 0.3) is 0 Å². The molecule has 2 rings (SSSR count). The molecule has 1 fully saturated rings. The van der Waals surface area contributed by atoms with Crippen LogP contribution in [0.5, 0.6) is 0 Å². The molecule has 1 aliphatic carbocycles. The Kier molecular flexibility index (Phi) is 4.83. The number of carbonyl (C=O) groups is 2. The van der Waals surface area contributed by atoms with Gasteiger partial charge in [-0.2, -0.15) is 0 Å². The summed E-state index contributed by atoms with van der Waals surface area (Å²) in [6.45, 7) is 2.66. The highest BCUT2D eigenvalue weighted by molar-refractivity contribution is 6.02. The standard InChI is InChI=1S/C16H23N3O2/c1-4-9-17-16(21)13-10-12(7-8-14(13)19(2)3)18-15(20)11-5-6-11/h7-8,10-11H,4-6,9H2,1-3H3,(H,17,21)(H,18,20). The molecule has 1 aliphatic rings. The molecule has 1 aromatic carbocycles. The number of hydrogen-bond acceptors (Lipinski definition) is 3. The monoisotopic (exact) mass is 289 g/mol. The van der Waals surface area contributed by atoms with Gasteiger partial charge in [0.25, 0.3) is 5.91 Å². The van der Waals surface area contributed by atoms with Crippen LogP contribution in [0.1, 0.15) is 36.5 Å². The van der Waals surface area contributed by atoms with Crippen LogP contribution >= 0.6 is 0 Å². The highest BCUT2D eigenvalue weighted by Crippen LogP contribution is 2.31. The van der Waals surface area contributed by atoms with Crippen LogP contribution in [0.4, 0.5) is 11.4 Å². The van der Waals surface area contributed by atoms with Crippen LogP contribution in [0.3, 0.4) is 0 Å². The summed E-state index contributed by atoms with van der Waals surface area (Å²) in [6.07, 6.45) is 2.82. The Bertz CT molecular complexity index is 536. The van der Waals surface area contributed by atoms with Gasteiger partial charge in [-0.05, 0) is 37.5 Å². The van der Waals surface area contributed by atoms with E-state index in [1.165, 1.54) is 0 Å². The minimum Gasteiger partial charge on any atom is -0.377 e. The molecule has 0 radical (unpaired) electrons. The molecular weight excluding hydrogens is 266 g/mol. The molecule has 5 heteroatoms. The van der Waals surface area contributed by atoms with Crippen molar-refractivity contribution in [2.75, 3.05) is 30.9 Å². The maximum absolute atomic E-state index is 12.3. The first-order valence-electron chi connectivity index (χ1n) is 7.43. The van der Waals surface area contributed by atoms with E-state index in [4.69, 9.17) is 0 Å². The lowest BCUT2D eigenvalue weighted by atomic mass is 10.1. The highest BCUT2D eigenvalue weighted by Gasteiger charge is 2.29. The predicted molar refractivity (Wildman–Crippen MR) is 84.7 cm³/mol. The van der Waals surface area contributed by atoms with Gasteiger partial charge in [0, 0.05) is 37.9 Å². The van der Waals surface area contributed by atoms with Crippen LogP contribution in [0.2, 0.25) is 0 Å². The zero-order valence-electron chi connectivity index (χ0n) is 12.9. The molecule has 2 N–H and O–H groups in total. The van der Waals surface area contributed by atoms with E-state index in [2.05, 4.69) is 10.6 Å². The average molecular weight is 289 g/mol. The summed E-state index contributed by atoms with van der Waals surface area (Å²) >= 11 is 0. The second kappa shape index (κ2) is 6.61. The van der Waals surface area contributed by atoms with Crippen LogP contribution in [-0.2, 0) is 4.79 Å².